The maximum Gasteiger partial charge on any atom is 0.123 e. The Balaban J connectivity index is 1.84. The van der Waals surface area contributed by atoms with E-state index in [1.165, 1.54) is 11.1 Å². The van der Waals surface area contributed by atoms with Crippen LogP contribution in [0.3, 0.4) is 0 Å². The molecule has 1 heterocycles. The van der Waals surface area contributed by atoms with Crippen LogP contribution in [0, 0.1) is 5.82 Å². The van der Waals surface area contributed by atoms with E-state index in [0.29, 0.717) is 12.1 Å². The first-order valence-corrected chi connectivity index (χ1v) is 5.96. The van der Waals surface area contributed by atoms with Crippen LogP contribution in [0.4, 0.5) is 4.39 Å². The van der Waals surface area contributed by atoms with E-state index < -0.39 is 0 Å². The second kappa shape index (κ2) is 3.82. The topological polar surface area (TPSA) is 15.3 Å². The zero-order chi connectivity index (χ0) is 11.1. The molecule has 0 saturated carbocycles. The van der Waals surface area contributed by atoms with Gasteiger partial charge >= 0.3 is 0 Å². The predicted molar refractivity (Wildman–Crippen MR) is 61.9 cm³/mol. The molecule has 2 nitrogen and oxygen atoms in total. The number of nitrogens with zero attached hydrogens (tertiary/aromatic N) is 1. The van der Waals surface area contributed by atoms with Crippen molar-refractivity contribution in [1.82, 2.24) is 10.2 Å². The molecule has 0 bridgehead atoms. The van der Waals surface area contributed by atoms with E-state index in [0.717, 1.165) is 25.9 Å². The lowest BCUT2D eigenvalue weighted by Crippen LogP contribution is -2.56. The van der Waals surface area contributed by atoms with Crippen LogP contribution in [-0.2, 0) is 6.42 Å². The summed E-state index contributed by atoms with van der Waals surface area (Å²) in [5.74, 6) is -0.104. The summed E-state index contributed by atoms with van der Waals surface area (Å²) in [6.07, 6.45) is 2.15. The minimum absolute atomic E-state index is 0.104. The summed E-state index contributed by atoms with van der Waals surface area (Å²) in [5, 5.41) is 3.30. The van der Waals surface area contributed by atoms with Gasteiger partial charge in [-0.1, -0.05) is 6.07 Å². The highest BCUT2D eigenvalue weighted by atomic mass is 19.1. The Labute approximate surface area is 95.4 Å². The third kappa shape index (κ3) is 1.55. The highest BCUT2D eigenvalue weighted by Gasteiger charge is 2.32. The SMILES string of the molecule is CN(C1CNC1)C1CCc2cc(F)ccc21. The van der Waals surface area contributed by atoms with Gasteiger partial charge in [0.25, 0.3) is 0 Å². The minimum atomic E-state index is -0.104. The molecule has 1 N–H and O–H groups in total. The van der Waals surface area contributed by atoms with Gasteiger partial charge < -0.3 is 5.32 Å². The Morgan fingerprint density at radius 2 is 2.19 bits per heavy atom. The van der Waals surface area contributed by atoms with Gasteiger partial charge in [0.2, 0.25) is 0 Å². The molecule has 2 aliphatic rings. The lowest BCUT2D eigenvalue weighted by molar-refractivity contribution is 0.127. The van der Waals surface area contributed by atoms with E-state index >= 15 is 0 Å². The predicted octanol–water partition coefficient (Wildman–Crippen LogP) is 1.72. The summed E-state index contributed by atoms with van der Waals surface area (Å²) in [7, 11) is 2.19. The molecule has 1 fully saturated rings. The van der Waals surface area contributed by atoms with Crippen LogP contribution in [0.15, 0.2) is 18.2 Å². The van der Waals surface area contributed by atoms with Gasteiger partial charge in [-0.15, -0.1) is 0 Å². The minimum Gasteiger partial charge on any atom is -0.314 e. The summed E-state index contributed by atoms with van der Waals surface area (Å²) in [6.45, 7) is 2.17. The molecule has 3 heteroatoms. The van der Waals surface area contributed by atoms with Crippen LogP contribution in [0.2, 0.25) is 0 Å². The van der Waals surface area contributed by atoms with E-state index in [9.17, 15) is 4.39 Å². The molecular weight excluding hydrogens is 203 g/mol. The highest BCUT2D eigenvalue weighted by molar-refractivity contribution is 5.35. The van der Waals surface area contributed by atoms with Crippen molar-refractivity contribution in [2.45, 2.75) is 24.9 Å². The second-order valence-electron chi connectivity index (χ2n) is 4.88. The van der Waals surface area contributed by atoms with Crippen LogP contribution in [-0.4, -0.2) is 31.1 Å². The molecule has 1 aromatic rings. The molecule has 1 aliphatic heterocycles. The Hall–Kier alpha value is -0.930. The van der Waals surface area contributed by atoms with E-state index in [2.05, 4.69) is 17.3 Å². The van der Waals surface area contributed by atoms with Gasteiger partial charge in [-0.3, -0.25) is 4.90 Å². The molecular formula is C13H17FN2. The molecule has 1 saturated heterocycles. The second-order valence-corrected chi connectivity index (χ2v) is 4.88. The number of halogens is 1. The zero-order valence-electron chi connectivity index (χ0n) is 9.54. The number of nitrogens with one attached hydrogen (secondary N) is 1. The molecule has 1 unspecified atom stereocenters. The van der Waals surface area contributed by atoms with Crippen molar-refractivity contribution < 1.29 is 4.39 Å². The third-order valence-electron chi connectivity index (χ3n) is 3.98. The van der Waals surface area contributed by atoms with E-state index in [1.807, 2.05) is 6.07 Å². The van der Waals surface area contributed by atoms with Crippen molar-refractivity contribution >= 4 is 0 Å². The number of fused-ring (bicyclic) bond motifs is 1. The van der Waals surface area contributed by atoms with Crippen molar-refractivity contribution in [2.75, 3.05) is 20.1 Å². The first-order valence-electron chi connectivity index (χ1n) is 5.96. The molecule has 86 valence electrons. The normalized spacial score (nSPS) is 24.6. The molecule has 1 atom stereocenters. The Morgan fingerprint density at radius 3 is 2.88 bits per heavy atom. The molecule has 1 aromatic carbocycles. The Bertz CT molecular complexity index is 401. The molecule has 3 rings (SSSR count). The molecule has 0 radical (unpaired) electrons. The summed E-state index contributed by atoms with van der Waals surface area (Å²) in [4.78, 5) is 2.44. The average Bonchev–Trinajstić information content (AvgIpc) is 2.57. The maximum absolute atomic E-state index is 13.1. The number of hydrogen-bond donors (Lipinski definition) is 1. The molecule has 0 spiro atoms. The smallest absolute Gasteiger partial charge is 0.123 e. The fourth-order valence-electron chi connectivity index (χ4n) is 2.80. The first-order chi connectivity index (χ1) is 7.75. The molecule has 0 amide bonds. The number of likely N-dealkylation sites (N-methyl/N-ethyl adjacent to an activating group) is 1. The first kappa shape index (κ1) is 10.2. The fourth-order valence-corrected chi connectivity index (χ4v) is 2.80. The largest absolute Gasteiger partial charge is 0.314 e. The van der Waals surface area contributed by atoms with Gasteiger partial charge in [0, 0.05) is 25.2 Å². The maximum atomic E-state index is 13.1. The van der Waals surface area contributed by atoms with Crippen molar-refractivity contribution in [1.29, 1.82) is 0 Å². The Morgan fingerprint density at radius 1 is 1.38 bits per heavy atom. The van der Waals surface area contributed by atoms with Crippen LogP contribution >= 0.6 is 0 Å². The van der Waals surface area contributed by atoms with Crippen molar-refractivity contribution in [3.05, 3.63) is 35.1 Å². The summed E-state index contributed by atoms with van der Waals surface area (Å²) in [5.41, 5.74) is 2.53. The van der Waals surface area contributed by atoms with Crippen LogP contribution in [0.5, 0.6) is 0 Å². The number of aryl methyl sites for hydroxylation is 1. The van der Waals surface area contributed by atoms with Gasteiger partial charge in [0.15, 0.2) is 0 Å². The zero-order valence-corrected chi connectivity index (χ0v) is 9.54. The number of hydrogen-bond acceptors (Lipinski definition) is 2. The number of benzene rings is 1. The Kier molecular flexibility index (Phi) is 2.45. The molecule has 16 heavy (non-hydrogen) atoms. The summed E-state index contributed by atoms with van der Waals surface area (Å²) in [6, 6.07) is 6.39. The van der Waals surface area contributed by atoms with E-state index in [1.54, 1.807) is 12.1 Å². The monoisotopic (exact) mass is 220 g/mol. The average molecular weight is 220 g/mol. The van der Waals surface area contributed by atoms with Gasteiger partial charge in [-0.05, 0) is 43.1 Å². The van der Waals surface area contributed by atoms with Crippen LogP contribution < -0.4 is 5.32 Å². The van der Waals surface area contributed by atoms with Gasteiger partial charge in [0.1, 0.15) is 5.82 Å². The van der Waals surface area contributed by atoms with Gasteiger partial charge in [-0.25, -0.2) is 4.39 Å². The van der Waals surface area contributed by atoms with Crippen molar-refractivity contribution in [2.24, 2.45) is 0 Å². The summed E-state index contributed by atoms with van der Waals surface area (Å²) < 4.78 is 13.1. The standard InChI is InChI=1S/C13H17FN2/c1-16(11-7-15-8-11)13-5-2-9-6-10(14)3-4-12(9)13/h3-4,6,11,13,15H,2,5,7-8H2,1H3. The summed E-state index contributed by atoms with van der Waals surface area (Å²) >= 11 is 0. The van der Waals surface area contributed by atoms with Gasteiger partial charge in [0.05, 0.1) is 0 Å². The van der Waals surface area contributed by atoms with Crippen molar-refractivity contribution in [3.8, 4) is 0 Å². The third-order valence-corrected chi connectivity index (χ3v) is 3.98. The van der Waals surface area contributed by atoms with E-state index in [-0.39, 0.29) is 5.82 Å². The molecule has 0 aromatic heterocycles. The highest BCUT2D eigenvalue weighted by Crippen LogP contribution is 2.36. The number of rotatable bonds is 2. The van der Waals surface area contributed by atoms with Crippen LogP contribution in [0.25, 0.3) is 0 Å². The lowest BCUT2D eigenvalue weighted by atomic mass is 10.0. The fraction of sp³-hybridized carbons (Fsp3) is 0.538. The van der Waals surface area contributed by atoms with Crippen molar-refractivity contribution in [3.63, 3.8) is 0 Å². The van der Waals surface area contributed by atoms with Crippen LogP contribution in [0.1, 0.15) is 23.6 Å². The quantitative estimate of drug-likeness (QED) is 0.816. The van der Waals surface area contributed by atoms with E-state index in [4.69, 9.17) is 0 Å². The molecule has 1 aliphatic carbocycles. The lowest BCUT2D eigenvalue weighted by Gasteiger charge is -2.39. The van der Waals surface area contributed by atoms with Gasteiger partial charge in [-0.2, -0.15) is 0 Å².